The number of amides is 1. The first-order chi connectivity index (χ1) is 9.33. The number of para-hydroxylation sites is 1. The van der Waals surface area contributed by atoms with E-state index in [2.05, 4.69) is 4.74 Å². The fourth-order valence-electron chi connectivity index (χ4n) is 1.65. The van der Waals surface area contributed by atoms with Crippen LogP contribution in [0.5, 0.6) is 5.75 Å². The summed E-state index contributed by atoms with van der Waals surface area (Å²) in [7, 11) is 1.53. The zero-order chi connectivity index (χ0) is 15.2. The minimum absolute atomic E-state index is 0.0512. The zero-order valence-electron chi connectivity index (χ0n) is 11.1. The van der Waals surface area contributed by atoms with Crippen LogP contribution in [-0.4, -0.2) is 30.8 Å². The van der Waals surface area contributed by atoms with Crippen molar-refractivity contribution in [1.29, 1.82) is 0 Å². The number of alkyl halides is 3. The summed E-state index contributed by atoms with van der Waals surface area (Å²) in [4.78, 5) is 13.1. The number of rotatable bonds is 6. The van der Waals surface area contributed by atoms with Gasteiger partial charge in [0.1, 0.15) is 5.75 Å². The molecule has 0 fully saturated rings. The summed E-state index contributed by atoms with van der Waals surface area (Å²) in [5.74, 6) is -0.462. The van der Waals surface area contributed by atoms with E-state index in [1.54, 1.807) is 6.07 Å². The maximum Gasteiger partial charge on any atom is 0.573 e. The number of halogens is 3. The number of ether oxygens (including phenoxy) is 1. The van der Waals surface area contributed by atoms with Crippen LogP contribution in [0.1, 0.15) is 18.4 Å². The molecule has 0 aromatic heterocycles. The van der Waals surface area contributed by atoms with Gasteiger partial charge < -0.3 is 15.4 Å². The van der Waals surface area contributed by atoms with Crippen molar-refractivity contribution in [2.75, 3.05) is 13.6 Å². The minimum atomic E-state index is -4.75. The van der Waals surface area contributed by atoms with Crippen LogP contribution >= 0.6 is 0 Å². The molecule has 20 heavy (non-hydrogen) atoms. The highest BCUT2D eigenvalue weighted by molar-refractivity contribution is 5.75. The van der Waals surface area contributed by atoms with Gasteiger partial charge in [-0.2, -0.15) is 0 Å². The largest absolute Gasteiger partial charge is 0.573 e. The van der Waals surface area contributed by atoms with E-state index in [0.717, 1.165) is 0 Å². The Morgan fingerprint density at radius 3 is 2.60 bits per heavy atom. The molecule has 0 atom stereocenters. The Bertz CT molecular complexity index is 449. The molecule has 7 heteroatoms. The lowest BCUT2D eigenvalue weighted by molar-refractivity contribution is -0.275. The van der Waals surface area contributed by atoms with Crippen molar-refractivity contribution in [3.63, 3.8) is 0 Å². The standard InChI is InChI=1S/C13H17F3N2O2/c1-18(12(19)7-4-8-17)9-10-5-2-3-6-11(10)20-13(14,15)16/h2-3,5-6H,4,7-9,17H2,1H3. The summed E-state index contributed by atoms with van der Waals surface area (Å²) in [5, 5.41) is 0. The van der Waals surface area contributed by atoms with E-state index < -0.39 is 6.36 Å². The second kappa shape index (κ2) is 7.14. The first kappa shape index (κ1) is 16.3. The van der Waals surface area contributed by atoms with E-state index in [4.69, 9.17) is 5.73 Å². The molecule has 0 saturated heterocycles. The maximum absolute atomic E-state index is 12.3. The maximum atomic E-state index is 12.3. The number of carbonyl (C=O) groups is 1. The number of carbonyl (C=O) groups excluding carboxylic acids is 1. The molecule has 112 valence electrons. The summed E-state index contributed by atoms with van der Waals surface area (Å²) in [6, 6.07) is 5.76. The van der Waals surface area contributed by atoms with Crippen molar-refractivity contribution in [2.45, 2.75) is 25.7 Å². The third kappa shape index (κ3) is 5.48. The van der Waals surface area contributed by atoms with Gasteiger partial charge in [0.05, 0.1) is 0 Å². The van der Waals surface area contributed by atoms with Gasteiger partial charge in [-0.1, -0.05) is 18.2 Å². The second-order valence-electron chi connectivity index (χ2n) is 4.30. The van der Waals surface area contributed by atoms with Crippen LogP contribution in [0, 0.1) is 0 Å². The van der Waals surface area contributed by atoms with E-state index >= 15 is 0 Å². The van der Waals surface area contributed by atoms with Crippen LogP contribution < -0.4 is 10.5 Å². The van der Waals surface area contributed by atoms with E-state index in [9.17, 15) is 18.0 Å². The summed E-state index contributed by atoms with van der Waals surface area (Å²) >= 11 is 0. The smallest absolute Gasteiger partial charge is 0.405 e. The molecule has 1 aromatic carbocycles. The zero-order valence-corrected chi connectivity index (χ0v) is 11.1. The van der Waals surface area contributed by atoms with Crippen molar-refractivity contribution in [1.82, 2.24) is 4.90 Å². The molecule has 0 aliphatic carbocycles. The molecule has 0 unspecified atom stereocenters. The molecule has 1 amide bonds. The second-order valence-corrected chi connectivity index (χ2v) is 4.30. The number of hydrogen-bond donors (Lipinski definition) is 1. The number of nitrogens with two attached hydrogens (primary N) is 1. The fourth-order valence-corrected chi connectivity index (χ4v) is 1.65. The van der Waals surface area contributed by atoms with Crippen LogP contribution in [0.3, 0.4) is 0 Å². The van der Waals surface area contributed by atoms with Gasteiger partial charge in [-0.25, -0.2) is 0 Å². The molecule has 0 aliphatic rings. The quantitative estimate of drug-likeness (QED) is 0.874. The topological polar surface area (TPSA) is 55.6 Å². The van der Waals surface area contributed by atoms with Gasteiger partial charge in [-0.05, 0) is 19.0 Å². The highest BCUT2D eigenvalue weighted by Crippen LogP contribution is 2.27. The molecule has 0 aliphatic heterocycles. The summed E-state index contributed by atoms with van der Waals surface area (Å²) in [6.45, 7) is 0.447. The van der Waals surface area contributed by atoms with Crippen LogP contribution in [0.25, 0.3) is 0 Å². The predicted molar refractivity (Wildman–Crippen MR) is 67.9 cm³/mol. The first-order valence-electron chi connectivity index (χ1n) is 6.11. The van der Waals surface area contributed by atoms with E-state index in [1.165, 1.54) is 30.1 Å². The minimum Gasteiger partial charge on any atom is -0.405 e. The molecule has 2 N–H and O–H groups in total. The molecular weight excluding hydrogens is 273 g/mol. The molecule has 0 spiro atoms. The van der Waals surface area contributed by atoms with Gasteiger partial charge in [-0.15, -0.1) is 13.2 Å². The van der Waals surface area contributed by atoms with Crippen molar-refractivity contribution >= 4 is 5.91 Å². The van der Waals surface area contributed by atoms with Gasteiger partial charge in [0.2, 0.25) is 5.91 Å². The lowest BCUT2D eigenvalue weighted by Gasteiger charge is -2.19. The number of nitrogens with zero attached hydrogens (tertiary/aromatic N) is 1. The van der Waals surface area contributed by atoms with Crippen LogP contribution in [-0.2, 0) is 11.3 Å². The van der Waals surface area contributed by atoms with Crippen molar-refractivity contribution < 1.29 is 22.7 Å². The Morgan fingerprint density at radius 2 is 2.00 bits per heavy atom. The normalized spacial score (nSPS) is 11.2. The Hall–Kier alpha value is -1.76. The predicted octanol–water partition coefficient (Wildman–Crippen LogP) is 2.28. The summed E-state index contributed by atoms with van der Waals surface area (Å²) < 4.78 is 40.7. The van der Waals surface area contributed by atoms with E-state index in [1.807, 2.05) is 0 Å². The summed E-state index contributed by atoms with van der Waals surface area (Å²) in [6.07, 6.45) is -3.93. The Kier molecular flexibility index (Phi) is 5.82. The molecule has 0 bridgehead atoms. The highest BCUT2D eigenvalue weighted by atomic mass is 19.4. The van der Waals surface area contributed by atoms with E-state index in [-0.39, 0.29) is 24.6 Å². The van der Waals surface area contributed by atoms with Gasteiger partial charge in [0, 0.05) is 25.6 Å². The third-order valence-electron chi connectivity index (χ3n) is 2.63. The molecule has 4 nitrogen and oxygen atoms in total. The van der Waals surface area contributed by atoms with Gasteiger partial charge in [0.15, 0.2) is 0 Å². The SMILES string of the molecule is CN(Cc1ccccc1OC(F)(F)F)C(=O)CCCN. The first-order valence-corrected chi connectivity index (χ1v) is 6.11. The fraction of sp³-hybridized carbons (Fsp3) is 0.462. The number of hydrogen-bond acceptors (Lipinski definition) is 3. The lowest BCUT2D eigenvalue weighted by Crippen LogP contribution is -2.27. The van der Waals surface area contributed by atoms with Crippen LogP contribution in [0.2, 0.25) is 0 Å². The lowest BCUT2D eigenvalue weighted by atomic mass is 10.2. The molecule has 0 saturated carbocycles. The molecule has 1 aromatic rings. The molecule has 0 radical (unpaired) electrons. The third-order valence-corrected chi connectivity index (χ3v) is 2.63. The average molecular weight is 290 g/mol. The van der Waals surface area contributed by atoms with Crippen LogP contribution in [0.4, 0.5) is 13.2 Å². The average Bonchev–Trinajstić information content (AvgIpc) is 2.36. The molecule has 1 rings (SSSR count). The summed E-state index contributed by atoms with van der Waals surface area (Å²) in [5.41, 5.74) is 5.61. The van der Waals surface area contributed by atoms with Gasteiger partial charge in [0.25, 0.3) is 0 Å². The Balaban J connectivity index is 2.74. The molecule has 0 heterocycles. The van der Waals surface area contributed by atoms with Gasteiger partial charge in [-0.3, -0.25) is 4.79 Å². The van der Waals surface area contributed by atoms with Crippen molar-refractivity contribution in [3.05, 3.63) is 29.8 Å². The van der Waals surface area contributed by atoms with Crippen molar-refractivity contribution in [2.24, 2.45) is 5.73 Å². The van der Waals surface area contributed by atoms with Crippen LogP contribution in [0.15, 0.2) is 24.3 Å². The Morgan fingerprint density at radius 1 is 1.35 bits per heavy atom. The Labute approximate surface area is 115 Å². The van der Waals surface area contributed by atoms with E-state index in [0.29, 0.717) is 18.5 Å². The van der Waals surface area contributed by atoms with Gasteiger partial charge >= 0.3 is 6.36 Å². The number of benzene rings is 1. The molecular formula is C13H17F3N2O2. The highest BCUT2D eigenvalue weighted by Gasteiger charge is 2.32. The van der Waals surface area contributed by atoms with Crippen molar-refractivity contribution in [3.8, 4) is 5.75 Å². The monoisotopic (exact) mass is 290 g/mol.